The topological polar surface area (TPSA) is 57.6 Å². The van der Waals surface area contributed by atoms with Gasteiger partial charge in [0.15, 0.2) is 0 Å². The maximum Gasteiger partial charge on any atom is 0.326 e. The van der Waals surface area contributed by atoms with Crippen LogP contribution < -0.4 is 0 Å². The molecule has 1 atom stereocenters. The summed E-state index contributed by atoms with van der Waals surface area (Å²) in [7, 11) is 0. The number of thiophene rings is 1. The molecule has 0 radical (unpaired) electrons. The van der Waals surface area contributed by atoms with Crippen LogP contribution >= 0.6 is 27.3 Å². The highest BCUT2D eigenvalue weighted by atomic mass is 79.9. The Morgan fingerprint density at radius 3 is 3.00 bits per heavy atom. The van der Waals surface area contributed by atoms with Crippen molar-refractivity contribution in [1.29, 1.82) is 0 Å². The molecule has 6 heteroatoms. The molecule has 0 bridgehead atoms. The molecule has 4 nitrogen and oxygen atoms in total. The van der Waals surface area contributed by atoms with Gasteiger partial charge in [-0.1, -0.05) is 0 Å². The second kappa shape index (κ2) is 4.55. The maximum absolute atomic E-state index is 11.6. The predicted molar refractivity (Wildman–Crippen MR) is 63.2 cm³/mol. The van der Waals surface area contributed by atoms with E-state index < -0.39 is 12.0 Å². The Morgan fingerprint density at radius 1 is 1.69 bits per heavy atom. The van der Waals surface area contributed by atoms with Crippen LogP contribution in [0.25, 0.3) is 0 Å². The number of carbonyl (C=O) groups excluding carboxylic acids is 1. The van der Waals surface area contributed by atoms with Gasteiger partial charge in [-0.15, -0.1) is 11.3 Å². The molecule has 86 valence electrons. The first-order chi connectivity index (χ1) is 7.59. The van der Waals surface area contributed by atoms with Gasteiger partial charge in [-0.3, -0.25) is 4.79 Å². The standard InChI is InChI=1S/C10H10BrNO3S/c11-9-6(3-4-16-9)5-12-7(10(14)15)1-2-8(12)13/h3-4,7H,1-2,5H2,(H,14,15)/t7-/m1/s1. The summed E-state index contributed by atoms with van der Waals surface area (Å²) >= 11 is 4.91. The summed E-state index contributed by atoms with van der Waals surface area (Å²) in [4.78, 5) is 24.0. The summed E-state index contributed by atoms with van der Waals surface area (Å²) in [5.41, 5.74) is 0.964. The number of halogens is 1. The van der Waals surface area contributed by atoms with Crippen molar-refractivity contribution >= 4 is 39.1 Å². The summed E-state index contributed by atoms with van der Waals surface area (Å²) in [5, 5.41) is 10.9. The van der Waals surface area contributed by atoms with Gasteiger partial charge in [-0.25, -0.2) is 4.79 Å². The van der Waals surface area contributed by atoms with Crippen molar-refractivity contribution in [3.05, 3.63) is 20.8 Å². The van der Waals surface area contributed by atoms with Gasteiger partial charge in [-0.2, -0.15) is 0 Å². The lowest BCUT2D eigenvalue weighted by molar-refractivity contribution is -0.146. The highest BCUT2D eigenvalue weighted by molar-refractivity contribution is 9.11. The molecule has 1 fully saturated rings. The third-order valence-corrected chi connectivity index (χ3v) is 4.46. The van der Waals surface area contributed by atoms with Crippen molar-refractivity contribution < 1.29 is 14.7 Å². The third-order valence-electron chi connectivity index (χ3n) is 2.65. The highest BCUT2D eigenvalue weighted by Crippen LogP contribution is 2.28. The molecule has 0 aromatic carbocycles. The maximum atomic E-state index is 11.6. The monoisotopic (exact) mass is 303 g/mol. The van der Waals surface area contributed by atoms with E-state index in [2.05, 4.69) is 15.9 Å². The van der Waals surface area contributed by atoms with Crippen LogP contribution in [0.5, 0.6) is 0 Å². The van der Waals surface area contributed by atoms with Gasteiger partial charge in [0.05, 0.1) is 3.79 Å². The summed E-state index contributed by atoms with van der Waals surface area (Å²) in [6.45, 7) is 0.375. The van der Waals surface area contributed by atoms with Crippen molar-refractivity contribution in [2.24, 2.45) is 0 Å². The molecule has 1 aromatic rings. The number of likely N-dealkylation sites (tertiary alicyclic amines) is 1. The number of carboxylic acids is 1. The van der Waals surface area contributed by atoms with E-state index in [1.54, 1.807) is 0 Å². The van der Waals surface area contributed by atoms with Crippen LogP contribution in [-0.4, -0.2) is 27.9 Å². The van der Waals surface area contributed by atoms with Crippen LogP contribution in [0, 0.1) is 0 Å². The Hall–Kier alpha value is -0.880. The fourth-order valence-electron chi connectivity index (χ4n) is 1.80. The molecule has 0 saturated carbocycles. The number of rotatable bonds is 3. The van der Waals surface area contributed by atoms with Gasteiger partial charge in [-0.05, 0) is 39.4 Å². The molecule has 0 unspecified atom stereocenters. The molecule has 1 aliphatic heterocycles. The molecular formula is C10H10BrNO3S. The fraction of sp³-hybridized carbons (Fsp3) is 0.400. The van der Waals surface area contributed by atoms with Crippen molar-refractivity contribution in [2.75, 3.05) is 0 Å². The van der Waals surface area contributed by atoms with E-state index in [0.29, 0.717) is 19.4 Å². The lowest BCUT2D eigenvalue weighted by Crippen LogP contribution is -2.37. The Morgan fingerprint density at radius 2 is 2.44 bits per heavy atom. The molecule has 16 heavy (non-hydrogen) atoms. The van der Waals surface area contributed by atoms with Gasteiger partial charge in [0.25, 0.3) is 0 Å². The molecule has 1 aromatic heterocycles. The number of aliphatic carboxylic acids is 1. The number of carboxylic acid groups (broad SMARTS) is 1. The van der Waals surface area contributed by atoms with Crippen molar-refractivity contribution in [3.8, 4) is 0 Å². The Labute approximate surface area is 105 Å². The van der Waals surface area contributed by atoms with E-state index in [1.165, 1.54) is 16.2 Å². The van der Waals surface area contributed by atoms with Gasteiger partial charge in [0, 0.05) is 13.0 Å². The number of hydrogen-bond donors (Lipinski definition) is 1. The van der Waals surface area contributed by atoms with Gasteiger partial charge < -0.3 is 10.0 Å². The molecular weight excluding hydrogens is 294 g/mol. The second-order valence-electron chi connectivity index (χ2n) is 3.63. The Balaban J connectivity index is 2.16. The van der Waals surface area contributed by atoms with E-state index in [0.717, 1.165) is 9.35 Å². The lowest BCUT2D eigenvalue weighted by atomic mass is 10.2. The minimum absolute atomic E-state index is 0.0782. The molecule has 2 heterocycles. The number of amides is 1. The zero-order valence-electron chi connectivity index (χ0n) is 8.35. The Bertz CT molecular complexity index is 431. The summed E-state index contributed by atoms with van der Waals surface area (Å²) < 4.78 is 0.955. The molecule has 1 saturated heterocycles. The van der Waals surface area contributed by atoms with Crippen LogP contribution in [0.4, 0.5) is 0 Å². The van der Waals surface area contributed by atoms with Crippen LogP contribution in [0.2, 0.25) is 0 Å². The first-order valence-corrected chi connectivity index (χ1v) is 6.51. The van der Waals surface area contributed by atoms with Gasteiger partial charge >= 0.3 is 5.97 Å². The minimum atomic E-state index is -0.919. The minimum Gasteiger partial charge on any atom is -0.480 e. The lowest BCUT2D eigenvalue weighted by Gasteiger charge is -2.21. The average molecular weight is 304 g/mol. The smallest absolute Gasteiger partial charge is 0.326 e. The highest BCUT2D eigenvalue weighted by Gasteiger charge is 2.36. The van der Waals surface area contributed by atoms with E-state index >= 15 is 0 Å². The molecule has 0 aliphatic carbocycles. The summed E-state index contributed by atoms with van der Waals surface area (Å²) in [5.74, 6) is -0.997. The van der Waals surface area contributed by atoms with Gasteiger partial charge in [0.2, 0.25) is 5.91 Å². The Kier molecular flexibility index (Phi) is 3.30. The van der Waals surface area contributed by atoms with Crippen LogP contribution in [0.15, 0.2) is 15.2 Å². The fourth-order valence-corrected chi connectivity index (χ4v) is 3.02. The SMILES string of the molecule is O=C(O)[C@H]1CCC(=O)N1Cc1ccsc1Br. The average Bonchev–Trinajstić information content (AvgIpc) is 2.76. The molecule has 1 aliphatic rings. The van der Waals surface area contributed by atoms with Crippen molar-refractivity contribution in [2.45, 2.75) is 25.4 Å². The third kappa shape index (κ3) is 2.12. The van der Waals surface area contributed by atoms with Gasteiger partial charge in [0.1, 0.15) is 6.04 Å². The van der Waals surface area contributed by atoms with Crippen LogP contribution in [0.1, 0.15) is 18.4 Å². The van der Waals surface area contributed by atoms with E-state index in [1.807, 2.05) is 11.4 Å². The molecule has 1 N–H and O–H groups in total. The molecule has 2 rings (SSSR count). The zero-order chi connectivity index (χ0) is 11.7. The van der Waals surface area contributed by atoms with Crippen LogP contribution in [-0.2, 0) is 16.1 Å². The quantitative estimate of drug-likeness (QED) is 0.930. The van der Waals surface area contributed by atoms with Crippen molar-refractivity contribution in [3.63, 3.8) is 0 Å². The van der Waals surface area contributed by atoms with E-state index in [4.69, 9.17) is 5.11 Å². The largest absolute Gasteiger partial charge is 0.480 e. The van der Waals surface area contributed by atoms with Crippen molar-refractivity contribution in [1.82, 2.24) is 4.90 Å². The second-order valence-corrected chi connectivity index (χ2v) is 5.87. The number of hydrogen-bond acceptors (Lipinski definition) is 3. The normalized spacial score (nSPS) is 20.4. The van der Waals surface area contributed by atoms with E-state index in [9.17, 15) is 9.59 Å². The molecule has 0 spiro atoms. The van der Waals surface area contributed by atoms with Crippen LogP contribution in [0.3, 0.4) is 0 Å². The van der Waals surface area contributed by atoms with E-state index in [-0.39, 0.29) is 5.91 Å². The number of carbonyl (C=O) groups is 2. The first-order valence-electron chi connectivity index (χ1n) is 4.83. The summed E-state index contributed by atoms with van der Waals surface area (Å²) in [6.07, 6.45) is 0.745. The summed E-state index contributed by atoms with van der Waals surface area (Å²) in [6, 6.07) is 1.23. The first kappa shape index (κ1) is 11.6. The molecule has 1 amide bonds. The number of nitrogens with zero attached hydrogens (tertiary/aromatic N) is 1. The predicted octanol–water partition coefficient (Wildman–Crippen LogP) is 2.09. The zero-order valence-corrected chi connectivity index (χ0v) is 10.8.